The predicted octanol–water partition coefficient (Wildman–Crippen LogP) is 0.816. The molecule has 7 nitrogen and oxygen atoms in total. The molecule has 0 unspecified atom stereocenters. The predicted molar refractivity (Wildman–Crippen MR) is 79.3 cm³/mol. The number of aliphatic carboxylic acids is 1. The number of hydrogen-bond donors (Lipinski definition) is 2. The number of aromatic nitrogens is 2. The number of piperidine rings is 1. The molecule has 0 bridgehead atoms. The third kappa shape index (κ3) is 2.75. The lowest BCUT2D eigenvalue weighted by Crippen LogP contribution is -2.60. The van der Waals surface area contributed by atoms with Crippen LogP contribution in [-0.4, -0.2) is 45.6 Å². The third-order valence-corrected chi connectivity index (χ3v) is 4.72. The van der Waals surface area contributed by atoms with Crippen molar-refractivity contribution in [2.45, 2.75) is 37.6 Å². The van der Waals surface area contributed by atoms with Gasteiger partial charge in [-0.2, -0.15) is 0 Å². The summed E-state index contributed by atoms with van der Waals surface area (Å²) in [5.41, 5.74) is -1.01. The highest BCUT2D eigenvalue weighted by Gasteiger charge is 2.46. The zero-order valence-corrected chi connectivity index (χ0v) is 12.4. The van der Waals surface area contributed by atoms with Crippen molar-refractivity contribution < 1.29 is 14.7 Å². The van der Waals surface area contributed by atoms with Gasteiger partial charge in [0, 0.05) is 31.4 Å². The highest BCUT2D eigenvalue weighted by molar-refractivity contribution is 5.89. The largest absolute Gasteiger partial charge is 0.480 e. The summed E-state index contributed by atoms with van der Waals surface area (Å²) in [7, 11) is 0. The van der Waals surface area contributed by atoms with Crippen molar-refractivity contribution in [1.29, 1.82) is 0 Å². The molecule has 0 spiro atoms. The van der Waals surface area contributed by atoms with Crippen molar-refractivity contribution in [2.24, 2.45) is 5.92 Å². The molecule has 2 aliphatic rings. The maximum absolute atomic E-state index is 12.3. The van der Waals surface area contributed by atoms with Crippen molar-refractivity contribution in [1.82, 2.24) is 15.3 Å². The number of rotatable bonds is 4. The standard InChI is InChI=1S/C15H20N4O3/c20-13(18-15(14(21)22)4-1-5-15)11-2-8-19(9-3-11)12-10-16-6-7-17-12/h6-7,10-11H,1-5,8-9H2,(H,18,20)(H,21,22). The molecular weight excluding hydrogens is 284 g/mol. The fourth-order valence-corrected chi connectivity index (χ4v) is 3.09. The molecule has 0 radical (unpaired) electrons. The molecule has 0 atom stereocenters. The normalized spacial score (nSPS) is 21.0. The monoisotopic (exact) mass is 304 g/mol. The fourth-order valence-electron chi connectivity index (χ4n) is 3.09. The number of carbonyl (C=O) groups is 2. The summed E-state index contributed by atoms with van der Waals surface area (Å²) in [6.45, 7) is 1.47. The van der Waals surface area contributed by atoms with Gasteiger partial charge >= 0.3 is 5.97 Å². The van der Waals surface area contributed by atoms with Gasteiger partial charge in [-0.1, -0.05) is 0 Å². The Kier molecular flexibility index (Phi) is 3.96. The van der Waals surface area contributed by atoms with Crippen LogP contribution in [0.2, 0.25) is 0 Å². The number of amides is 1. The molecule has 1 amide bonds. The van der Waals surface area contributed by atoms with Crippen molar-refractivity contribution in [3.63, 3.8) is 0 Å². The molecule has 1 aromatic heterocycles. The minimum Gasteiger partial charge on any atom is -0.480 e. The van der Waals surface area contributed by atoms with E-state index in [-0.39, 0.29) is 11.8 Å². The van der Waals surface area contributed by atoms with E-state index in [0.29, 0.717) is 25.7 Å². The van der Waals surface area contributed by atoms with Gasteiger partial charge in [-0.05, 0) is 32.1 Å². The highest BCUT2D eigenvalue weighted by atomic mass is 16.4. The summed E-state index contributed by atoms with van der Waals surface area (Å²) in [5.74, 6) is -0.336. The highest BCUT2D eigenvalue weighted by Crippen LogP contribution is 2.33. The minimum absolute atomic E-state index is 0.121. The fraction of sp³-hybridized carbons (Fsp3) is 0.600. The first kappa shape index (κ1) is 14.7. The number of hydrogen-bond acceptors (Lipinski definition) is 5. The van der Waals surface area contributed by atoms with Crippen LogP contribution in [0.1, 0.15) is 32.1 Å². The number of anilines is 1. The molecule has 7 heteroatoms. The van der Waals surface area contributed by atoms with Gasteiger partial charge in [0.05, 0.1) is 6.20 Å². The molecule has 1 aromatic rings. The van der Waals surface area contributed by atoms with Crippen LogP contribution in [0.3, 0.4) is 0 Å². The Balaban J connectivity index is 1.55. The second-order valence-corrected chi connectivity index (χ2v) is 6.05. The molecule has 118 valence electrons. The number of carboxylic acids is 1. The summed E-state index contributed by atoms with van der Waals surface area (Å²) >= 11 is 0. The second-order valence-electron chi connectivity index (χ2n) is 6.05. The van der Waals surface area contributed by atoms with Gasteiger partial charge in [-0.25, -0.2) is 9.78 Å². The number of carboxylic acid groups (broad SMARTS) is 1. The average Bonchev–Trinajstić information content (AvgIpc) is 2.51. The first-order valence-electron chi connectivity index (χ1n) is 7.67. The molecule has 22 heavy (non-hydrogen) atoms. The van der Waals surface area contributed by atoms with Crippen molar-refractivity contribution >= 4 is 17.7 Å². The first-order chi connectivity index (χ1) is 10.6. The minimum atomic E-state index is -1.01. The molecule has 3 rings (SSSR count). The van der Waals surface area contributed by atoms with Gasteiger partial charge in [-0.15, -0.1) is 0 Å². The van der Waals surface area contributed by atoms with E-state index in [2.05, 4.69) is 20.2 Å². The zero-order valence-electron chi connectivity index (χ0n) is 12.4. The summed E-state index contributed by atoms with van der Waals surface area (Å²) in [4.78, 5) is 34.1. The Labute approximate surface area is 128 Å². The summed E-state index contributed by atoms with van der Waals surface area (Å²) in [5, 5.41) is 12.1. The quantitative estimate of drug-likeness (QED) is 0.855. The van der Waals surface area contributed by atoms with Crippen LogP contribution in [0.15, 0.2) is 18.6 Å². The van der Waals surface area contributed by atoms with E-state index in [0.717, 1.165) is 25.3 Å². The summed E-state index contributed by atoms with van der Waals surface area (Å²) in [6, 6.07) is 0. The van der Waals surface area contributed by atoms with Gasteiger partial charge in [-0.3, -0.25) is 9.78 Å². The third-order valence-electron chi connectivity index (χ3n) is 4.72. The summed E-state index contributed by atoms with van der Waals surface area (Å²) < 4.78 is 0. The van der Waals surface area contributed by atoms with Gasteiger partial charge in [0.15, 0.2) is 0 Å². The van der Waals surface area contributed by atoms with Gasteiger partial charge in [0.1, 0.15) is 11.4 Å². The molecule has 1 aliphatic heterocycles. The molecule has 2 fully saturated rings. The van der Waals surface area contributed by atoms with Crippen LogP contribution < -0.4 is 10.2 Å². The Morgan fingerprint density at radius 1 is 1.27 bits per heavy atom. The Morgan fingerprint density at radius 3 is 2.50 bits per heavy atom. The van der Waals surface area contributed by atoms with Crippen LogP contribution in [0.5, 0.6) is 0 Å². The first-order valence-corrected chi connectivity index (χ1v) is 7.67. The Bertz CT molecular complexity index is 551. The van der Waals surface area contributed by atoms with E-state index >= 15 is 0 Å². The average molecular weight is 304 g/mol. The zero-order chi connectivity index (χ0) is 15.6. The van der Waals surface area contributed by atoms with Crippen LogP contribution in [0.4, 0.5) is 5.82 Å². The smallest absolute Gasteiger partial charge is 0.329 e. The molecule has 2 heterocycles. The lowest BCUT2D eigenvalue weighted by atomic mass is 9.76. The summed E-state index contributed by atoms with van der Waals surface area (Å²) in [6.07, 6.45) is 8.34. The molecule has 0 aromatic carbocycles. The van der Waals surface area contributed by atoms with Crippen LogP contribution in [0, 0.1) is 5.92 Å². The second kappa shape index (κ2) is 5.90. The van der Waals surface area contributed by atoms with E-state index in [4.69, 9.17) is 0 Å². The number of carbonyl (C=O) groups excluding carboxylic acids is 1. The van der Waals surface area contributed by atoms with Crippen molar-refractivity contribution in [2.75, 3.05) is 18.0 Å². The van der Waals surface area contributed by atoms with E-state index in [9.17, 15) is 14.7 Å². The lowest BCUT2D eigenvalue weighted by Gasteiger charge is -2.40. The number of nitrogens with one attached hydrogen (secondary N) is 1. The number of nitrogens with zero attached hydrogens (tertiary/aromatic N) is 3. The van der Waals surface area contributed by atoms with Crippen molar-refractivity contribution in [3.8, 4) is 0 Å². The molecule has 2 N–H and O–H groups in total. The molecule has 1 aliphatic carbocycles. The van der Waals surface area contributed by atoms with Gasteiger partial charge in [0.2, 0.25) is 5.91 Å². The Morgan fingerprint density at radius 2 is 2.00 bits per heavy atom. The van der Waals surface area contributed by atoms with E-state index in [1.54, 1.807) is 18.6 Å². The molecule has 1 saturated heterocycles. The van der Waals surface area contributed by atoms with E-state index in [1.165, 1.54) is 0 Å². The molecule has 1 saturated carbocycles. The maximum Gasteiger partial charge on any atom is 0.329 e. The molecular formula is C15H20N4O3. The van der Waals surface area contributed by atoms with Crippen LogP contribution in [0.25, 0.3) is 0 Å². The lowest BCUT2D eigenvalue weighted by molar-refractivity contribution is -0.152. The van der Waals surface area contributed by atoms with Gasteiger partial charge < -0.3 is 15.3 Å². The maximum atomic E-state index is 12.3. The Hall–Kier alpha value is -2.18. The SMILES string of the molecule is O=C(NC1(C(=O)O)CCC1)C1CCN(c2cnccn2)CC1. The van der Waals surface area contributed by atoms with E-state index < -0.39 is 11.5 Å². The van der Waals surface area contributed by atoms with Crippen molar-refractivity contribution in [3.05, 3.63) is 18.6 Å². The van der Waals surface area contributed by atoms with Crippen LogP contribution >= 0.6 is 0 Å². The van der Waals surface area contributed by atoms with Crippen LogP contribution in [-0.2, 0) is 9.59 Å². The topological polar surface area (TPSA) is 95.4 Å². The van der Waals surface area contributed by atoms with E-state index in [1.807, 2.05) is 0 Å². The van der Waals surface area contributed by atoms with Gasteiger partial charge in [0.25, 0.3) is 0 Å².